The smallest absolute Gasteiger partial charge is 0.248 e. The zero-order chi connectivity index (χ0) is 13.3. The molecule has 0 aromatic heterocycles. The third kappa shape index (κ3) is 1.97. The van der Waals surface area contributed by atoms with Gasteiger partial charge in [-0.2, -0.15) is 0 Å². The van der Waals surface area contributed by atoms with Gasteiger partial charge >= 0.3 is 0 Å². The van der Waals surface area contributed by atoms with Crippen molar-refractivity contribution in [3.8, 4) is 0 Å². The largest absolute Gasteiger partial charge is 0.316 e. The molecule has 2 N–H and O–H groups in total. The van der Waals surface area contributed by atoms with E-state index >= 15 is 0 Å². The number of rotatable bonds is 3. The van der Waals surface area contributed by atoms with E-state index in [-0.39, 0.29) is 5.91 Å². The summed E-state index contributed by atoms with van der Waals surface area (Å²) in [5.41, 5.74) is 9.94. The van der Waals surface area contributed by atoms with Gasteiger partial charge in [-0.1, -0.05) is 36.4 Å². The normalized spacial score (nSPS) is 19.1. The van der Waals surface area contributed by atoms with Crippen LogP contribution in [0.1, 0.15) is 24.1 Å². The molecule has 0 fully saturated rings. The van der Waals surface area contributed by atoms with Gasteiger partial charge < -0.3 is 10.6 Å². The first-order valence-corrected chi connectivity index (χ1v) is 6.03. The van der Waals surface area contributed by atoms with Crippen molar-refractivity contribution in [1.82, 2.24) is 0 Å². The number of nitrogens with zero attached hydrogens (tertiary/aromatic N) is 1. The number of carbonyl (C=O) groups excluding carboxylic acids is 1. The summed E-state index contributed by atoms with van der Waals surface area (Å²) in [7, 11) is 0. The fourth-order valence-electron chi connectivity index (χ4n) is 2.21. The van der Waals surface area contributed by atoms with Crippen LogP contribution in [-0.2, 0) is 4.79 Å². The zero-order valence-corrected chi connectivity index (χ0v) is 10.8. The molecule has 0 bridgehead atoms. The van der Waals surface area contributed by atoms with Crippen LogP contribution in [-0.4, -0.2) is 12.5 Å². The number of hydrogen-bond donors (Lipinski definition) is 1. The fourth-order valence-corrected chi connectivity index (χ4v) is 2.21. The highest BCUT2D eigenvalue weighted by atomic mass is 16.2. The SMILES string of the molecule is C=C/C(=C\C)CN1C(=O)[C@H](N)c2cc(C)ccc21. The molecule has 1 aromatic carbocycles. The van der Waals surface area contributed by atoms with Gasteiger partial charge in [0.05, 0.1) is 6.54 Å². The number of aryl methyl sites for hydroxylation is 1. The average molecular weight is 242 g/mol. The fraction of sp³-hybridized carbons (Fsp3) is 0.267. The van der Waals surface area contributed by atoms with Gasteiger partial charge in [-0.15, -0.1) is 0 Å². The summed E-state index contributed by atoms with van der Waals surface area (Å²) in [6, 6.07) is 5.41. The molecule has 0 aliphatic carbocycles. The van der Waals surface area contributed by atoms with Gasteiger partial charge in [0.1, 0.15) is 6.04 Å². The maximum atomic E-state index is 12.2. The van der Waals surface area contributed by atoms with Crippen molar-refractivity contribution >= 4 is 11.6 Å². The van der Waals surface area contributed by atoms with Crippen LogP contribution >= 0.6 is 0 Å². The lowest BCUT2D eigenvalue weighted by atomic mass is 10.1. The third-order valence-electron chi connectivity index (χ3n) is 3.31. The van der Waals surface area contributed by atoms with Crippen LogP contribution in [0.25, 0.3) is 0 Å². The van der Waals surface area contributed by atoms with E-state index < -0.39 is 6.04 Å². The van der Waals surface area contributed by atoms with Gasteiger partial charge in [0, 0.05) is 11.3 Å². The molecule has 0 spiro atoms. The highest BCUT2D eigenvalue weighted by Gasteiger charge is 2.34. The summed E-state index contributed by atoms with van der Waals surface area (Å²) < 4.78 is 0. The van der Waals surface area contributed by atoms with Crippen molar-refractivity contribution in [3.05, 3.63) is 53.6 Å². The predicted molar refractivity (Wildman–Crippen MR) is 74.4 cm³/mol. The Morgan fingerprint density at radius 2 is 2.28 bits per heavy atom. The topological polar surface area (TPSA) is 46.3 Å². The number of hydrogen-bond acceptors (Lipinski definition) is 2. The second kappa shape index (κ2) is 4.78. The Hall–Kier alpha value is -1.87. The number of allylic oxidation sites excluding steroid dienone is 1. The van der Waals surface area contributed by atoms with Crippen LogP contribution in [0.3, 0.4) is 0 Å². The third-order valence-corrected chi connectivity index (χ3v) is 3.31. The first-order chi connectivity index (χ1) is 8.58. The Bertz CT molecular complexity index is 531. The number of amides is 1. The second-order valence-corrected chi connectivity index (χ2v) is 4.53. The molecule has 1 aliphatic heterocycles. The molecule has 3 nitrogen and oxygen atoms in total. The van der Waals surface area contributed by atoms with Gasteiger partial charge in [-0.3, -0.25) is 4.79 Å². The van der Waals surface area contributed by atoms with Crippen LogP contribution in [0.15, 0.2) is 42.5 Å². The minimum atomic E-state index is -0.539. The second-order valence-electron chi connectivity index (χ2n) is 4.53. The van der Waals surface area contributed by atoms with Gasteiger partial charge in [0.25, 0.3) is 0 Å². The first-order valence-electron chi connectivity index (χ1n) is 6.03. The van der Waals surface area contributed by atoms with Crippen molar-refractivity contribution in [2.45, 2.75) is 19.9 Å². The summed E-state index contributed by atoms with van der Waals surface area (Å²) >= 11 is 0. The maximum absolute atomic E-state index is 12.2. The van der Waals surface area contributed by atoms with E-state index in [0.717, 1.165) is 22.4 Å². The molecule has 1 heterocycles. The monoisotopic (exact) mass is 242 g/mol. The van der Waals surface area contributed by atoms with E-state index in [9.17, 15) is 4.79 Å². The van der Waals surface area contributed by atoms with Gasteiger partial charge in [0.2, 0.25) is 5.91 Å². The first kappa shape index (κ1) is 12.6. The zero-order valence-electron chi connectivity index (χ0n) is 10.8. The number of nitrogens with two attached hydrogens (primary N) is 1. The Morgan fingerprint density at radius 1 is 1.56 bits per heavy atom. The lowest BCUT2D eigenvalue weighted by molar-refractivity contribution is -0.119. The molecule has 0 saturated carbocycles. The van der Waals surface area contributed by atoms with Crippen molar-refractivity contribution in [3.63, 3.8) is 0 Å². The van der Waals surface area contributed by atoms with Crippen LogP contribution in [0.4, 0.5) is 5.69 Å². The highest BCUT2D eigenvalue weighted by molar-refractivity contribution is 6.04. The van der Waals surface area contributed by atoms with Gasteiger partial charge in [-0.05, 0) is 25.5 Å². The summed E-state index contributed by atoms with van der Waals surface area (Å²) in [5, 5.41) is 0. The molecule has 18 heavy (non-hydrogen) atoms. The summed E-state index contributed by atoms with van der Waals surface area (Å²) in [4.78, 5) is 13.9. The minimum Gasteiger partial charge on any atom is -0.316 e. The molecular formula is C15H18N2O. The van der Waals surface area contributed by atoms with E-state index in [1.807, 2.05) is 38.1 Å². The van der Waals surface area contributed by atoms with E-state index in [0.29, 0.717) is 6.54 Å². The summed E-state index contributed by atoms with van der Waals surface area (Å²) in [5.74, 6) is -0.0446. The minimum absolute atomic E-state index is 0.0446. The standard InChI is InChI=1S/C15H18N2O/c1-4-11(5-2)9-17-13-7-6-10(3)8-12(13)14(16)15(17)18/h4-8,14H,1,9,16H2,2-3H3/b11-5+/t14-/m1/s1. The van der Waals surface area contributed by atoms with Gasteiger partial charge in [-0.25, -0.2) is 0 Å². The number of anilines is 1. The average Bonchev–Trinajstić information content (AvgIpc) is 2.60. The Balaban J connectivity index is 2.40. The van der Waals surface area contributed by atoms with Crippen LogP contribution in [0.5, 0.6) is 0 Å². The van der Waals surface area contributed by atoms with E-state index in [4.69, 9.17) is 5.73 Å². The van der Waals surface area contributed by atoms with Crippen molar-refractivity contribution in [2.24, 2.45) is 5.73 Å². The molecule has 0 radical (unpaired) electrons. The lowest BCUT2D eigenvalue weighted by Crippen LogP contribution is -2.33. The summed E-state index contributed by atoms with van der Waals surface area (Å²) in [6.45, 7) is 8.22. The van der Waals surface area contributed by atoms with Crippen LogP contribution in [0.2, 0.25) is 0 Å². The maximum Gasteiger partial charge on any atom is 0.248 e. The van der Waals surface area contributed by atoms with Crippen molar-refractivity contribution in [1.29, 1.82) is 0 Å². The quantitative estimate of drug-likeness (QED) is 0.828. The molecule has 0 unspecified atom stereocenters. The Morgan fingerprint density at radius 3 is 2.89 bits per heavy atom. The molecule has 1 atom stereocenters. The van der Waals surface area contributed by atoms with E-state index in [1.165, 1.54) is 0 Å². The Kier molecular flexibility index (Phi) is 3.34. The molecule has 1 aromatic rings. The predicted octanol–water partition coefficient (Wildman–Crippen LogP) is 2.47. The van der Waals surface area contributed by atoms with Gasteiger partial charge in [0.15, 0.2) is 0 Å². The van der Waals surface area contributed by atoms with E-state index in [2.05, 4.69) is 6.58 Å². The molecule has 1 amide bonds. The van der Waals surface area contributed by atoms with Crippen LogP contribution < -0.4 is 10.6 Å². The molecule has 3 heteroatoms. The number of carbonyl (C=O) groups is 1. The highest BCUT2D eigenvalue weighted by Crippen LogP contribution is 2.35. The van der Waals surface area contributed by atoms with Crippen molar-refractivity contribution in [2.75, 3.05) is 11.4 Å². The number of benzene rings is 1. The number of fused-ring (bicyclic) bond motifs is 1. The van der Waals surface area contributed by atoms with Crippen molar-refractivity contribution < 1.29 is 4.79 Å². The van der Waals surface area contributed by atoms with E-state index in [1.54, 1.807) is 11.0 Å². The molecule has 2 rings (SSSR count). The lowest BCUT2D eigenvalue weighted by Gasteiger charge is -2.18. The molecule has 0 saturated heterocycles. The molecular weight excluding hydrogens is 224 g/mol. The molecule has 94 valence electrons. The van der Waals surface area contributed by atoms with Crippen LogP contribution in [0, 0.1) is 6.92 Å². The molecule has 1 aliphatic rings. The Labute approximate surface area is 108 Å². The summed E-state index contributed by atoms with van der Waals surface area (Å²) in [6.07, 6.45) is 3.73.